The Morgan fingerprint density at radius 1 is 1.33 bits per heavy atom. The summed E-state index contributed by atoms with van der Waals surface area (Å²) >= 11 is 0. The number of hydrogen-bond donors (Lipinski definition) is 1. The van der Waals surface area contributed by atoms with E-state index in [4.69, 9.17) is 4.74 Å². The Hall–Kier alpha value is -3.23. The highest BCUT2D eigenvalue weighted by molar-refractivity contribution is 6.06. The molecule has 0 spiro atoms. The topological polar surface area (TPSA) is 116 Å². The van der Waals surface area contributed by atoms with E-state index < -0.39 is 16.8 Å². The Morgan fingerprint density at radius 3 is 2.50 bits per heavy atom. The number of hydrogen-bond acceptors (Lipinski definition) is 6. The summed E-state index contributed by atoms with van der Waals surface area (Å²) in [4.78, 5) is 34.4. The van der Waals surface area contributed by atoms with Crippen molar-refractivity contribution in [2.24, 2.45) is 7.05 Å². The van der Waals surface area contributed by atoms with Crippen molar-refractivity contribution in [1.29, 1.82) is 0 Å². The number of carbonyl (C=O) groups is 2. The Balaban J connectivity index is 2.22. The van der Waals surface area contributed by atoms with Crippen LogP contribution in [0.5, 0.6) is 0 Å². The van der Waals surface area contributed by atoms with Gasteiger partial charge in [-0.15, -0.1) is 0 Å². The second-order valence-electron chi connectivity index (χ2n) is 4.92. The summed E-state index contributed by atoms with van der Waals surface area (Å²) in [5, 5.41) is 17.6. The molecule has 0 radical (unpaired) electrons. The first kappa shape index (κ1) is 17.1. The van der Waals surface area contributed by atoms with Crippen LogP contribution >= 0.6 is 0 Å². The third-order valence-electron chi connectivity index (χ3n) is 3.24. The van der Waals surface area contributed by atoms with Crippen LogP contribution in [0.25, 0.3) is 0 Å². The SMILES string of the molecule is CCOC(=O)c1ccc(NC(=O)c2c([N+](=O)[O-])c(C)nn2C)cc1. The fourth-order valence-electron chi connectivity index (χ4n) is 2.21. The molecule has 1 heterocycles. The number of nitrogens with one attached hydrogen (secondary N) is 1. The molecular formula is C15H16N4O5. The lowest BCUT2D eigenvalue weighted by molar-refractivity contribution is -0.385. The normalized spacial score (nSPS) is 10.3. The molecule has 0 saturated heterocycles. The van der Waals surface area contributed by atoms with Crippen LogP contribution in [0.1, 0.15) is 33.5 Å². The van der Waals surface area contributed by atoms with Gasteiger partial charge in [0.1, 0.15) is 5.69 Å². The van der Waals surface area contributed by atoms with Gasteiger partial charge in [-0.25, -0.2) is 4.79 Å². The van der Waals surface area contributed by atoms with E-state index in [0.29, 0.717) is 11.3 Å². The third kappa shape index (κ3) is 3.40. The molecule has 0 bridgehead atoms. The van der Waals surface area contributed by atoms with E-state index in [1.165, 1.54) is 38.2 Å². The lowest BCUT2D eigenvalue weighted by Crippen LogP contribution is -2.17. The minimum atomic E-state index is -0.659. The Labute approximate surface area is 137 Å². The summed E-state index contributed by atoms with van der Waals surface area (Å²) in [6.45, 7) is 3.43. The van der Waals surface area contributed by atoms with Crippen molar-refractivity contribution in [3.8, 4) is 0 Å². The summed E-state index contributed by atoms with van der Waals surface area (Å²) in [5.41, 5.74) is 0.411. The molecule has 0 atom stereocenters. The number of benzene rings is 1. The zero-order valence-electron chi connectivity index (χ0n) is 13.4. The number of rotatable bonds is 5. The van der Waals surface area contributed by atoms with E-state index in [1.54, 1.807) is 6.92 Å². The maximum atomic E-state index is 12.3. The largest absolute Gasteiger partial charge is 0.462 e. The Morgan fingerprint density at radius 2 is 1.96 bits per heavy atom. The number of aryl methyl sites for hydroxylation is 2. The summed E-state index contributed by atoms with van der Waals surface area (Å²) in [6.07, 6.45) is 0. The van der Waals surface area contributed by atoms with Crippen LogP contribution in [0.3, 0.4) is 0 Å². The molecule has 0 saturated carbocycles. The van der Waals surface area contributed by atoms with Gasteiger partial charge in [-0.05, 0) is 38.1 Å². The number of aromatic nitrogens is 2. The summed E-state index contributed by atoms with van der Waals surface area (Å²) in [6, 6.07) is 6.02. The van der Waals surface area contributed by atoms with Crippen LogP contribution in [-0.4, -0.2) is 33.2 Å². The van der Waals surface area contributed by atoms with Gasteiger partial charge in [0.05, 0.1) is 17.1 Å². The lowest BCUT2D eigenvalue weighted by atomic mass is 10.2. The second-order valence-corrected chi connectivity index (χ2v) is 4.92. The molecule has 0 unspecified atom stereocenters. The monoisotopic (exact) mass is 332 g/mol. The molecule has 2 aromatic rings. The number of esters is 1. The molecular weight excluding hydrogens is 316 g/mol. The average molecular weight is 332 g/mol. The van der Waals surface area contributed by atoms with Gasteiger partial charge in [-0.1, -0.05) is 0 Å². The predicted molar refractivity (Wildman–Crippen MR) is 85.0 cm³/mol. The summed E-state index contributed by atoms with van der Waals surface area (Å²) in [5.74, 6) is -1.12. The van der Waals surface area contributed by atoms with Gasteiger partial charge in [0.2, 0.25) is 5.69 Å². The van der Waals surface area contributed by atoms with Crippen molar-refractivity contribution in [2.45, 2.75) is 13.8 Å². The van der Waals surface area contributed by atoms with Gasteiger partial charge in [0.15, 0.2) is 0 Å². The predicted octanol–water partition coefficient (Wildman–Crippen LogP) is 2.07. The van der Waals surface area contributed by atoms with Crippen LogP contribution in [-0.2, 0) is 11.8 Å². The van der Waals surface area contributed by atoms with E-state index in [1.807, 2.05) is 0 Å². The highest BCUT2D eigenvalue weighted by Gasteiger charge is 2.29. The molecule has 0 fully saturated rings. The third-order valence-corrected chi connectivity index (χ3v) is 3.24. The molecule has 1 N–H and O–H groups in total. The molecule has 126 valence electrons. The first-order chi connectivity index (χ1) is 11.3. The van der Waals surface area contributed by atoms with Crippen molar-refractivity contribution < 1.29 is 19.2 Å². The first-order valence-corrected chi connectivity index (χ1v) is 7.11. The number of carbonyl (C=O) groups excluding carboxylic acids is 2. The molecule has 1 aromatic carbocycles. The summed E-state index contributed by atoms with van der Waals surface area (Å²) in [7, 11) is 1.46. The van der Waals surface area contributed by atoms with Gasteiger partial charge < -0.3 is 10.1 Å². The van der Waals surface area contributed by atoms with E-state index >= 15 is 0 Å². The standard InChI is InChI=1S/C15H16N4O5/c1-4-24-15(21)10-5-7-11(8-6-10)16-14(20)13-12(19(22)23)9(2)17-18(13)3/h5-8H,4H2,1-3H3,(H,16,20). The smallest absolute Gasteiger partial charge is 0.338 e. The minimum Gasteiger partial charge on any atom is -0.462 e. The molecule has 9 heteroatoms. The van der Waals surface area contributed by atoms with Gasteiger partial charge in [0.25, 0.3) is 5.91 Å². The molecule has 1 aromatic heterocycles. The Kier molecular flexibility index (Phi) is 4.93. The second kappa shape index (κ2) is 6.90. The number of nitro groups is 1. The van der Waals surface area contributed by atoms with Crippen LogP contribution in [0, 0.1) is 17.0 Å². The van der Waals surface area contributed by atoms with Gasteiger partial charge in [-0.3, -0.25) is 19.6 Å². The number of nitrogens with zero attached hydrogens (tertiary/aromatic N) is 3. The van der Waals surface area contributed by atoms with Crippen LogP contribution in [0.4, 0.5) is 11.4 Å². The van der Waals surface area contributed by atoms with Gasteiger partial charge in [0, 0.05) is 12.7 Å². The molecule has 24 heavy (non-hydrogen) atoms. The van der Waals surface area contributed by atoms with Crippen molar-refractivity contribution in [2.75, 3.05) is 11.9 Å². The van der Waals surface area contributed by atoms with Gasteiger partial charge >= 0.3 is 11.7 Å². The average Bonchev–Trinajstić information content (AvgIpc) is 2.82. The Bertz CT molecular complexity index is 795. The fraction of sp³-hybridized carbons (Fsp3) is 0.267. The highest BCUT2D eigenvalue weighted by Crippen LogP contribution is 2.23. The maximum absolute atomic E-state index is 12.3. The zero-order chi connectivity index (χ0) is 17.9. The molecule has 2 rings (SSSR count). The van der Waals surface area contributed by atoms with Crippen molar-refractivity contribution in [3.05, 3.63) is 51.3 Å². The van der Waals surface area contributed by atoms with Crippen LogP contribution < -0.4 is 5.32 Å². The molecule has 1 amide bonds. The van der Waals surface area contributed by atoms with E-state index in [9.17, 15) is 19.7 Å². The minimum absolute atomic E-state index is 0.146. The van der Waals surface area contributed by atoms with Crippen LogP contribution in [0.15, 0.2) is 24.3 Å². The number of anilines is 1. The molecule has 0 aliphatic heterocycles. The first-order valence-electron chi connectivity index (χ1n) is 7.11. The zero-order valence-corrected chi connectivity index (χ0v) is 13.4. The molecule has 9 nitrogen and oxygen atoms in total. The molecule has 0 aliphatic carbocycles. The van der Waals surface area contributed by atoms with E-state index in [-0.39, 0.29) is 23.7 Å². The lowest BCUT2D eigenvalue weighted by Gasteiger charge is -2.06. The van der Waals surface area contributed by atoms with E-state index in [0.717, 1.165) is 4.68 Å². The highest BCUT2D eigenvalue weighted by atomic mass is 16.6. The number of amides is 1. The van der Waals surface area contributed by atoms with Crippen molar-refractivity contribution in [3.63, 3.8) is 0 Å². The quantitative estimate of drug-likeness (QED) is 0.509. The van der Waals surface area contributed by atoms with E-state index in [2.05, 4.69) is 10.4 Å². The van der Waals surface area contributed by atoms with Crippen molar-refractivity contribution >= 4 is 23.3 Å². The van der Waals surface area contributed by atoms with Crippen LogP contribution in [0.2, 0.25) is 0 Å². The summed E-state index contributed by atoms with van der Waals surface area (Å²) < 4.78 is 6.03. The van der Waals surface area contributed by atoms with Gasteiger partial charge in [-0.2, -0.15) is 5.10 Å². The fourth-order valence-corrected chi connectivity index (χ4v) is 2.21. The molecule has 0 aliphatic rings. The maximum Gasteiger partial charge on any atom is 0.338 e. The number of ether oxygens (including phenoxy) is 1. The van der Waals surface area contributed by atoms with Crippen molar-refractivity contribution in [1.82, 2.24) is 9.78 Å².